The van der Waals surface area contributed by atoms with Gasteiger partial charge in [0.1, 0.15) is 0 Å². The van der Waals surface area contributed by atoms with E-state index in [1.165, 1.54) is 16.6 Å². The molecular weight excluding hydrogens is 266 g/mol. The molecule has 1 saturated heterocycles. The molecule has 0 spiro atoms. The lowest BCUT2D eigenvalue weighted by Crippen LogP contribution is -2.39. The number of aromatic nitrogens is 4. The van der Waals surface area contributed by atoms with Crippen molar-refractivity contribution in [3.05, 3.63) is 30.2 Å². The summed E-state index contributed by atoms with van der Waals surface area (Å²) in [5, 5.41) is 13.2. The van der Waals surface area contributed by atoms with E-state index in [4.69, 9.17) is 0 Å². The summed E-state index contributed by atoms with van der Waals surface area (Å²) in [5.74, 6) is 0.175. The summed E-state index contributed by atoms with van der Waals surface area (Å²) in [6.45, 7) is 1.02. The average molecular weight is 281 g/mol. The Labute approximate surface area is 111 Å². The maximum atomic E-state index is 12.4. The molecule has 0 bridgehead atoms. The van der Waals surface area contributed by atoms with E-state index >= 15 is 0 Å². The van der Waals surface area contributed by atoms with E-state index in [1.807, 2.05) is 6.07 Å². The number of rotatable bonds is 3. The molecule has 19 heavy (non-hydrogen) atoms. The lowest BCUT2D eigenvalue weighted by Gasteiger charge is -2.30. The number of piperidine rings is 1. The van der Waals surface area contributed by atoms with Gasteiger partial charge < -0.3 is 0 Å². The Balaban J connectivity index is 1.82. The van der Waals surface area contributed by atoms with Crippen LogP contribution >= 0.6 is 0 Å². The molecule has 1 aliphatic rings. The van der Waals surface area contributed by atoms with Gasteiger partial charge in [0.05, 0.1) is 6.20 Å². The van der Waals surface area contributed by atoms with Gasteiger partial charge >= 0.3 is 0 Å². The molecule has 1 unspecified atom stereocenters. The molecule has 1 atom stereocenters. The van der Waals surface area contributed by atoms with Crippen molar-refractivity contribution < 1.29 is 8.42 Å². The van der Waals surface area contributed by atoms with Crippen molar-refractivity contribution in [2.75, 3.05) is 13.1 Å². The van der Waals surface area contributed by atoms with E-state index in [-0.39, 0.29) is 10.9 Å². The number of sulfonamides is 1. The van der Waals surface area contributed by atoms with Gasteiger partial charge in [-0.1, -0.05) is 0 Å². The number of nitrogens with one attached hydrogen (secondary N) is 2. The molecule has 0 radical (unpaired) electrons. The van der Waals surface area contributed by atoms with Crippen molar-refractivity contribution >= 4 is 10.0 Å². The Morgan fingerprint density at radius 2 is 2.00 bits per heavy atom. The van der Waals surface area contributed by atoms with Crippen molar-refractivity contribution in [3.63, 3.8) is 0 Å². The Hall–Kier alpha value is -1.67. The summed E-state index contributed by atoms with van der Waals surface area (Å²) in [7, 11) is -3.46. The molecule has 0 aromatic carbocycles. The SMILES string of the molecule is O=S(=O)(c1ccn[nH]1)N1CCCC(c2ccn[nH]2)C1. The molecule has 1 aliphatic heterocycles. The molecule has 102 valence electrons. The number of H-pyrrole nitrogens is 2. The minimum Gasteiger partial charge on any atom is -0.282 e. The lowest BCUT2D eigenvalue weighted by molar-refractivity contribution is 0.311. The van der Waals surface area contributed by atoms with Gasteiger partial charge in [-0.15, -0.1) is 0 Å². The summed E-state index contributed by atoms with van der Waals surface area (Å²) < 4.78 is 26.3. The zero-order chi connectivity index (χ0) is 13.3. The van der Waals surface area contributed by atoms with Crippen molar-refractivity contribution in [2.45, 2.75) is 23.8 Å². The fourth-order valence-corrected chi connectivity index (χ4v) is 3.86. The highest BCUT2D eigenvalue weighted by Gasteiger charge is 2.32. The predicted molar refractivity (Wildman–Crippen MR) is 67.9 cm³/mol. The monoisotopic (exact) mass is 281 g/mol. The van der Waals surface area contributed by atoms with Gasteiger partial charge in [-0.25, -0.2) is 8.42 Å². The van der Waals surface area contributed by atoms with E-state index < -0.39 is 10.0 Å². The van der Waals surface area contributed by atoms with E-state index in [0.29, 0.717) is 13.1 Å². The number of hydrogen-bond donors (Lipinski definition) is 2. The van der Waals surface area contributed by atoms with Gasteiger partial charge in [0, 0.05) is 30.9 Å². The van der Waals surface area contributed by atoms with Gasteiger partial charge in [-0.2, -0.15) is 14.5 Å². The quantitative estimate of drug-likeness (QED) is 0.865. The van der Waals surface area contributed by atoms with Gasteiger partial charge in [0.2, 0.25) is 0 Å². The third-order valence-corrected chi connectivity index (χ3v) is 5.23. The predicted octanol–water partition coefficient (Wildman–Crippen LogP) is 0.701. The molecule has 0 saturated carbocycles. The molecule has 1 fully saturated rings. The second-order valence-corrected chi connectivity index (χ2v) is 6.54. The highest BCUT2D eigenvalue weighted by atomic mass is 32.2. The summed E-state index contributed by atoms with van der Waals surface area (Å²) >= 11 is 0. The van der Waals surface area contributed by atoms with Crippen molar-refractivity contribution in [3.8, 4) is 0 Å². The molecule has 3 heterocycles. The first kappa shape index (κ1) is 12.4. The molecule has 2 aromatic heterocycles. The standard InChI is InChI=1S/C11H15N5O2S/c17-19(18,11-4-6-13-15-11)16-7-1-2-9(8-16)10-3-5-12-14-10/h3-6,9H,1-2,7-8H2,(H,12,14)(H,13,15). The zero-order valence-electron chi connectivity index (χ0n) is 10.3. The van der Waals surface area contributed by atoms with Gasteiger partial charge in [0.15, 0.2) is 5.03 Å². The molecule has 2 aromatic rings. The van der Waals surface area contributed by atoms with E-state index in [1.54, 1.807) is 6.20 Å². The van der Waals surface area contributed by atoms with E-state index in [2.05, 4.69) is 20.4 Å². The summed E-state index contributed by atoms with van der Waals surface area (Å²) in [6.07, 6.45) is 4.95. The minimum absolute atomic E-state index is 0.151. The summed E-state index contributed by atoms with van der Waals surface area (Å²) in [5.41, 5.74) is 0.990. The molecule has 0 aliphatic carbocycles. The van der Waals surface area contributed by atoms with Crippen LogP contribution in [0.15, 0.2) is 29.6 Å². The molecule has 8 heteroatoms. The Kier molecular flexibility index (Phi) is 3.11. The molecule has 2 N–H and O–H groups in total. The second kappa shape index (κ2) is 4.78. The normalized spacial score (nSPS) is 21.6. The fourth-order valence-electron chi connectivity index (χ4n) is 2.43. The maximum absolute atomic E-state index is 12.4. The van der Waals surface area contributed by atoms with E-state index in [9.17, 15) is 8.42 Å². The van der Waals surface area contributed by atoms with Crippen LogP contribution in [0.4, 0.5) is 0 Å². The largest absolute Gasteiger partial charge is 0.282 e. The smallest absolute Gasteiger partial charge is 0.259 e. The Morgan fingerprint density at radius 1 is 1.21 bits per heavy atom. The third-order valence-electron chi connectivity index (χ3n) is 3.44. The average Bonchev–Trinajstić information content (AvgIpc) is 3.12. The van der Waals surface area contributed by atoms with Gasteiger partial charge in [-0.3, -0.25) is 10.2 Å². The van der Waals surface area contributed by atoms with Crippen LogP contribution in [0.25, 0.3) is 0 Å². The summed E-state index contributed by atoms with van der Waals surface area (Å²) in [6, 6.07) is 3.38. The van der Waals surface area contributed by atoms with Crippen LogP contribution in [0.1, 0.15) is 24.5 Å². The number of aromatic amines is 2. The Morgan fingerprint density at radius 3 is 2.68 bits per heavy atom. The minimum atomic E-state index is -3.46. The van der Waals surface area contributed by atoms with Crippen LogP contribution < -0.4 is 0 Å². The summed E-state index contributed by atoms with van der Waals surface area (Å²) in [4.78, 5) is 0. The van der Waals surface area contributed by atoms with Crippen LogP contribution in [-0.2, 0) is 10.0 Å². The second-order valence-electron chi connectivity index (χ2n) is 4.64. The van der Waals surface area contributed by atoms with Crippen LogP contribution in [0.3, 0.4) is 0 Å². The fraction of sp³-hybridized carbons (Fsp3) is 0.455. The van der Waals surface area contributed by atoms with Crippen molar-refractivity contribution in [1.29, 1.82) is 0 Å². The Bertz CT molecular complexity index is 620. The van der Waals surface area contributed by atoms with Gasteiger partial charge in [0.25, 0.3) is 10.0 Å². The molecule has 0 amide bonds. The molecule has 3 rings (SSSR count). The molecule has 7 nitrogen and oxygen atoms in total. The van der Waals surface area contributed by atoms with Gasteiger partial charge in [-0.05, 0) is 25.0 Å². The lowest BCUT2D eigenvalue weighted by atomic mass is 9.96. The molecular formula is C11H15N5O2S. The third kappa shape index (κ3) is 2.28. The van der Waals surface area contributed by atoms with Crippen LogP contribution in [0.5, 0.6) is 0 Å². The van der Waals surface area contributed by atoms with Crippen molar-refractivity contribution in [2.24, 2.45) is 0 Å². The van der Waals surface area contributed by atoms with Crippen LogP contribution in [-0.4, -0.2) is 46.2 Å². The van der Waals surface area contributed by atoms with Crippen molar-refractivity contribution in [1.82, 2.24) is 24.7 Å². The highest BCUT2D eigenvalue weighted by Crippen LogP contribution is 2.28. The van der Waals surface area contributed by atoms with E-state index in [0.717, 1.165) is 18.5 Å². The van der Waals surface area contributed by atoms with Crippen LogP contribution in [0, 0.1) is 0 Å². The highest BCUT2D eigenvalue weighted by molar-refractivity contribution is 7.89. The topological polar surface area (TPSA) is 94.7 Å². The zero-order valence-corrected chi connectivity index (χ0v) is 11.1. The first-order valence-electron chi connectivity index (χ1n) is 6.17. The van der Waals surface area contributed by atoms with Crippen LogP contribution in [0.2, 0.25) is 0 Å². The number of hydrogen-bond acceptors (Lipinski definition) is 4. The number of nitrogens with zero attached hydrogens (tertiary/aromatic N) is 3. The maximum Gasteiger partial charge on any atom is 0.259 e. The first-order valence-corrected chi connectivity index (χ1v) is 7.61. The first-order chi connectivity index (χ1) is 9.18.